The lowest BCUT2D eigenvalue weighted by Crippen LogP contribution is -2.33. The summed E-state index contributed by atoms with van der Waals surface area (Å²) in [7, 11) is -4.05. The maximum Gasteiger partial charge on any atom is 0.263 e. The fourth-order valence-corrected chi connectivity index (χ4v) is 6.23. The first-order valence-corrected chi connectivity index (χ1v) is 13.9. The van der Waals surface area contributed by atoms with E-state index in [-0.39, 0.29) is 21.6 Å². The Labute approximate surface area is 220 Å². The standard InChI is InChI=1S/C27H27ClFN5O2S/c1-16-12-25-18(15-31-27(33-25)32-20-9-7-19(30)8-10-20)13-21(16)17-6-11-24(23(29)14-17)34-37(35,36)26-5-3-2-4-22(26)28/h2-6,11-15,19-20,34H,7-10,30H2,1H3,(H,31,32,33). The molecular formula is C27H27ClFN5O2S. The molecule has 1 fully saturated rings. The average molecular weight is 540 g/mol. The quantitative estimate of drug-likeness (QED) is 0.282. The van der Waals surface area contributed by atoms with Gasteiger partial charge in [-0.3, -0.25) is 4.72 Å². The minimum atomic E-state index is -4.05. The summed E-state index contributed by atoms with van der Waals surface area (Å²) >= 11 is 6.02. The van der Waals surface area contributed by atoms with Crippen molar-refractivity contribution in [1.82, 2.24) is 9.97 Å². The Hall–Kier alpha value is -3.27. The first-order valence-electron chi connectivity index (χ1n) is 12.1. The van der Waals surface area contributed by atoms with E-state index in [1.807, 2.05) is 19.1 Å². The molecule has 1 aliphatic rings. The second-order valence-electron chi connectivity index (χ2n) is 9.41. The average Bonchev–Trinajstić information content (AvgIpc) is 2.86. The molecule has 37 heavy (non-hydrogen) atoms. The normalized spacial score (nSPS) is 18.1. The van der Waals surface area contributed by atoms with E-state index in [1.54, 1.807) is 24.4 Å². The Kier molecular flexibility index (Phi) is 7.02. The summed E-state index contributed by atoms with van der Waals surface area (Å²) in [5.74, 6) is -0.114. The first-order chi connectivity index (χ1) is 17.7. The molecule has 4 aromatic rings. The van der Waals surface area contributed by atoms with Crippen LogP contribution in [0.1, 0.15) is 31.2 Å². The van der Waals surface area contributed by atoms with Crippen LogP contribution in [-0.2, 0) is 10.0 Å². The van der Waals surface area contributed by atoms with Gasteiger partial charge in [0.05, 0.1) is 16.2 Å². The Balaban J connectivity index is 1.38. The predicted molar refractivity (Wildman–Crippen MR) is 146 cm³/mol. The number of aryl methyl sites for hydroxylation is 1. The lowest BCUT2D eigenvalue weighted by Gasteiger charge is -2.26. The maximum atomic E-state index is 15.0. The molecule has 1 saturated carbocycles. The fourth-order valence-electron chi connectivity index (χ4n) is 4.64. The van der Waals surface area contributed by atoms with E-state index >= 15 is 4.39 Å². The van der Waals surface area contributed by atoms with Gasteiger partial charge in [0.2, 0.25) is 5.95 Å². The van der Waals surface area contributed by atoms with E-state index in [9.17, 15) is 8.42 Å². The van der Waals surface area contributed by atoms with Gasteiger partial charge in [-0.05, 0) is 85.7 Å². The molecule has 0 amide bonds. The van der Waals surface area contributed by atoms with Gasteiger partial charge in [-0.15, -0.1) is 0 Å². The minimum Gasteiger partial charge on any atom is -0.351 e. The van der Waals surface area contributed by atoms with Gasteiger partial charge in [-0.25, -0.2) is 22.8 Å². The van der Waals surface area contributed by atoms with E-state index in [1.165, 1.54) is 24.3 Å². The molecule has 0 unspecified atom stereocenters. The number of sulfonamides is 1. The Morgan fingerprint density at radius 1 is 1.05 bits per heavy atom. The summed E-state index contributed by atoms with van der Waals surface area (Å²) in [6.07, 6.45) is 5.73. The number of fused-ring (bicyclic) bond motifs is 1. The predicted octanol–water partition coefficient (Wildman–Crippen LogP) is 5.88. The van der Waals surface area contributed by atoms with E-state index in [2.05, 4.69) is 20.0 Å². The van der Waals surface area contributed by atoms with Crippen molar-refractivity contribution < 1.29 is 12.8 Å². The molecule has 4 N–H and O–H groups in total. The zero-order chi connectivity index (χ0) is 26.2. The molecule has 192 valence electrons. The highest BCUT2D eigenvalue weighted by Gasteiger charge is 2.21. The van der Waals surface area contributed by atoms with Crippen molar-refractivity contribution in [3.05, 3.63) is 77.2 Å². The first kappa shape index (κ1) is 25.4. The summed E-state index contributed by atoms with van der Waals surface area (Å²) in [6, 6.07) is 14.8. The number of anilines is 2. The molecule has 0 radical (unpaired) electrons. The van der Waals surface area contributed by atoms with Crippen LogP contribution in [0.2, 0.25) is 5.02 Å². The van der Waals surface area contributed by atoms with Crippen LogP contribution in [0.15, 0.2) is 65.7 Å². The number of nitrogens with one attached hydrogen (secondary N) is 2. The molecule has 1 aromatic heterocycles. The minimum absolute atomic E-state index is 0.0577. The van der Waals surface area contributed by atoms with Gasteiger partial charge in [0, 0.05) is 23.7 Å². The van der Waals surface area contributed by atoms with Crippen LogP contribution in [0.25, 0.3) is 22.0 Å². The second kappa shape index (κ2) is 10.2. The van der Waals surface area contributed by atoms with Gasteiger partial charge in [-0.1, -0.05) is 29.8 Å². The molecule has 7 nitrogen and oxygen atoms in total. The number of halogens is 2. The van der Waals surface area contributed by atoms with Gasteiger partial charge in [0.15, 0.2) is 0 Å². The lowest BCUT2D eigenvalue weighted by molar-refractivity contribution is 0.410. The van der Waals surface area contributed by atoms with Gasteiger partial charge < -0.3 is 11.1 Å². The van der Waals surface area contributed by atoms with Crippen molar-refractivity contribution in [2.45, 2.75) is 49.6 Å². The summed E-state index contributed by atoms with van der Waals surface area (Å²) in [5.41, 5.74) is 8.95. The number of nitrogens with zero attached hydrogens (tertiary/aromatic N) is 2. The van der Waals surface area contributed by atoms with E-state index in [4.69, 9.17) is 17.3 Å². The molecule has 0 aliphatic heterocycles. The number of rotatable bonds is 6. The summed E-state index contributed by atoms with van der Waals surface area (Å²) < 4.78 is 42.7. The van der Waals surface area contributed by atoms with Crippen LogP contribution in [0.5, 0.6) is 0 Å². The van der Waals surface area contributed by atoms with Crippen molar-refractivity contribution in [2.75, 3.05) is 10.0 Å². The van der Waals surface area contributed by atoms with E-state index in [0.717, 1.165) is 47.7 Å². The van der Waals surface area contributed by atoms with Crippen molar-refractivity contribution in [1.29, 1.82) is 0 Å². The maximum absolute atomic E-state index is 15.0. The molecule has 0 saturated heterocycles. The van der Waals surface area contributed by atoms with Gasteiger partial charge in [-0.2, -0.15) is 0 Å². The Bertz CT molecular complexity index is 1570. The molecule has 0 spiro atoms. The monoisotopic (exact) mass is 539 g/mol. The SMILES string of the molecule is Cc1cc2nc(NC3CCC(N)CC3)ncc2cc1-c1ccc(NS(=O)(=O)c2ccccc2Cl)c(F)c1. The molecule has 0 atom stereocenters. The highest BCUT2D eigenvalue weighted by atomic mass is 35.5. The second-order valence-corrected chi connectivity index (χ2v) is 11.5. The third kappa shape index (κ3) is 5.53. The number of aromatic nitrogens is 2. The van der Waals surface area contributed by atoms with Crippen LogP contribution in [0, 0.1) is 12.7 Å². The lowest BCUT2D eigenvalue weighted by atomic mass is 9.92. The fraction of sp³-hybridized carbons (Fsp3) is 0.259. The largest absolute Gasteiger partial charge is 0.351 e. The van der Waals surface area contributed by atoms with Crippen LogP contribution in [0.4, 0.5) is 16.0 Å². The molecule has 1 heterocycles. The molecular weight excluding hydrogens is 513 g/mol. The summed E-state index contributed by atoms with van der Waals surface area (Å²) in [6.45, 7) is 1.93. The molecule has 3 aromatic carbocycles. The summed E-state index contributed by atoms with van der Waals surface area (Å²) in [4.78, 5) is 9.04. The summed E-state index contributed by atoms with van der Waals surface area (Å²) in [5, 5.41) is 4.29. The molecule has 10 heteroatoms. The van der Waals surface area contributed by atoms with Crippen molar-refractivity contribution in [3.8, 4) is 11.1 Å². The van der Waals surface area contributed by atoms with E-state index < -0.39 is 15.8 Å². The van der Waals surface area contributed by atoms with Gasteiger partial charge >= 0.3 is 0 Å². The van der Waals surface area contributed by atoms with E-state index in [0.29, 0.717) is 17.6 Å². The van der Waals surface area contributed by atoms with Crippen LogP contribution >= 0.6 is 11.6 Å². The number of hydrogen-bond acceptors (Lipinski definition) is 6. The zero-order valence-corrected chi connectivity index (χ0v) is 21.8. The van der Waals surface area contributed by atoms with Crippen molar-refractivity contribution in [2.24, 2.45) is 5.73 Å². The van der Waals surface area contributed by atoms with Crippen LogP contribution in [0.3, 0.4) is 0 Å². The zero-order valence-electron chi connectivity index (χ0n) is 20.2. The molecule has 1 aliphatic carbocycles. The van der Waals surface area contributed by atoms with Crippen molar-refractivity contribution >= 4 is 44.2 Å². The van der Waals surface area contributed by atoms with Crippen molar-refractivity contribution in [3.63, 3.8) is 0 Å². The highest BCUT2D eigenvalue weighted by molar-refractivity contribution is 7.92. The number of nitrogens with two attached hydrogens (primary N) is 1. The highest BCUT2D eigenvalue weighted by Crippen LogP contribution is 2.32. The number of benzene rings is 3. The number of hydrogen-bond donors (Lipinski definition) is 3. The Morgan fingerprint density at radius 2 is 1.81 bits per heavy atom. The van der Waals surface area contributed by atoms with Crippen LogP contribution < -0.4 is 15.8 Å². The third-order valence-corrected chi connectivity index (χ3v) is 8.55. The smallest absolute Gasteiger partial charge is 0.263 e. The van der Waals surface area contributed by atoms with Crippen LogP contribution in [-0.4, -0.2) is 30.5 Å². The Morgan fingerprint density at radius 3 is 2.54 bits per heavy atom. The van der Waals surface area contributed by atoms with Gasteiger partial charge in [0.1, 0.15) is 10.7 Å². The topological polar surface area (TPSA) is 110 Å². The van der Waals surface area contributed by atoms with Gasteiger partial charge in [0.25, 0.3) is 10.0 Å². The third-order valence-electron chi connectivity index (χ3n) is 6.68. The molecule has 0 bridgehead atoms. The molecule has 5 rings (SSSR count).